The van der Waals surface area contributed by atoms with Crippen molar-refractivity contribution in [2.45, 2.75) is 19.9 Å². The number of carbonyl (C=O) groups is 3. The third kappa shape index (κ3) is 6.16. The van der Waals surface area contributed by atoms with Gasteiger partial charge in [-0.15, -0.1) is 0 Å². The van der Waals surface area contributed by atoms with Crippen molar-refractivity contribution in [1.29, 1.82) is 0 Å². The van der Waals surface area contributed by atoms with E-state index in [9.17, 15) is 24.0 Å². The predicted octanol–water partition coefficient (Wildman–Crippen LogP) is -2.02. The lowest BCUT2D eigenvalue weighted by Gasteiger charge is -2.21. The summed E-state index contributed by atoms with van der Waals surface area (Å²) in [6, 6.07) is 1.08. The highest BCUT2D eigenvalue weighted by Crippen LogP contribution is 1.93. The van der Waals surface area contributed by atoms with Crippen LogP contribution in [0.25, 0.3) is 0 Å². The fraction of sp³-hybridized carbons (Fsp3) is 0.462. The molecule has 2 amide bonds. The van der Waals surface area contributed by atoms with Crippen LogP contribution in [-0.4, -0.2) is 57.0 Å². The third-order valence-corrected chi connectivity index (χ3v) is 2.91. The summed E-state index contributed by atoms with van der Waals surface area (Å²) >= 11 is 0. The maximum Gasteiger partial charge on any atom is 0.328 e. The summed E-state index contributed by atoms with van der Waals surface area (Å²) in [5.41, 5.74) is -1.36. The number of carbonyl (C=O) groups excluding carboxylic acids is 2. The standard InChI is InChI=1S/C13H18N4O6/c1-2-9(18)14-4-6-16(8-12(21)22)11(20)7-17-5-3-10(19)15-13(17)23/h3,5H,2,4,6-8H2,1H3,(H,14,18)(H,21,22)(H,15,19,23). The molecule has 0 atom stereocenters. The minimum Gasteiger partial charge on any atom is -0.480 e. The normalized spacial score (nSPS) is 10.1. The predicted molar refractivity (Wildman–Crippen MR) is 78.8 cm³/mol. The van der Waals surface area contributed by atoms with E-state index in [4.69, 9.17) is 5.11 Å². The Morgan fingerprint density at radius 2 is 2.04 bits per heavy atom. The van der Waals surface area contributed by atoms with Crippen LogP contribution in [0.1, 0.15) is 13.3 Å². The number of nitrogens with zero attached hydrogens (tertiary/aromatic N) is 2. The van der Waals surface area contributed by atoms with Gasteiger partial charge in [0.05, 0.1) is 0 Å². The number of hydrogen-bond donors (Lipinski definition) is 3. The molecule has 0 saturated carbocycles. The number of amides is 2. The van der Waals surface area contributed by atoms with Crippen LogP contribution in [-0.2, 0) is 20.9 Å². The number of hydrogen-bond acceptors (Lipinski definition) is 5. The van der Waals surface area contributed by atoms with E-state index in [0.717, 1.165) is 21.7 Å². The Hall–Kier alpha value is -2.91. The highest BCUT2D eigenvalue weighted by atomic mass is 16.4. The van der Waals surface area contributed by atoms with E-state index in [1.54, 1.807) is 6.92 Å². The van der Waals surface area contributed by atoms with Crippen molar-refractivity contribution in [3.8, 4) is 0 Å². The van der Waals surface area contributed by atoms with Gasteiger partial charge in [0, 0.05) is 31.8 Å². The Labute approximate surface area is 130 Å². The Bertz CT molecular complexity index is 692. The van der Waals surface area contributed by atoms with Gasteiger partial charge in [-0.3, -0.25) is 28.7 Å². The third-order valence-electron chi connectivity index (χ3n) is 2.91. The van der Waals surface area contributed by atoms with Crippen LogP contribution in [0, 0.1) is 0 Å². The van der Waals surface area contributed by atoms with Gasteiger partial charge in [-0.2, -0.15) is 0 Å². The Balaban J connectivity index is 2.74. The molecule has 126 valence electrons. The van der Waals surface area contributed by atoms with Gasteiger partial charge in [0.1, 0.15) is 13.1 Å². The topological polar surface area (TPSA) is 142 Å². The average molecular weight is 326 g/mol. The number of carboxylic acid groups (broad SMARTS) is 1. The number of aromatic nitrogens is 2. The first-order chi connectivity index (χ1) is 10.8. The summed E-state index contributed by atoms with van der Waals surface area (Å²) in [5, 5.41) is 11.4. The quantitative estimate of drug-likeness (QED) is 0.503. The number of H-pyrrole nitrogens is 1. The van der Waals surface area contributed by atoms with Crippen LogP contribution in [0.3, 0.4) is 0 Å². The molecular formula is C13H18N4O6. The number of nitrogens with one attached hydrogen (secondary N) is 2. The molecule has 1 aromatic heterocycles. The van der Waals surface area contributed by atoms with Crippen LogP contribution in [0.2, 0.25) is 0 Å². The fourth-order valence-corrected chi connectivity index (χ4v) is 1.72. The van der Waals surface area contributed by atoms with Gasteiger partial charge in [0.15, 0.2) is 0 Å². The van der Waals surface area contributed by atoms with Crippen molar-refractivity contribution in [2.75, 3.05) is 19.6 Å². The SMILES string of the molecule is CCC(=O)NCCN(CC(=O)O)C(=O)Cn1ccc(=O)[nH]c1=O. The van der Waals surface area contributed by atoms with Crippen LogP contribution in [0.4, 0.5) is 0 Å². The second-order valence-electron chi connectivity index (χ2n) is 4.65. The number of aliphatic carboxylic acids is 1. The highest BCUT2D eigenvalue weighted by Gasteiger charge is 2.17. The number of rotatable bonds is 8. The van der Waals surface area contributed by atoms with Gasteiger partial charge in [-0.1, -0.05) is 6.92 Å². The molecule has 0 aromatic carbocycles. The van der Waals surface area contributed by atoms with Gasteiger partial charge in [0.25, 0.3) is 5.56 Å². The second kappa shape index (κ2) is 8.51. The molecule has 10 nitrogen and oxygen atoms in total. The highest BCUT2D eigenvalue weighted by molar-refractivity contribution is 5.81. The van der Waals surface area contributed by atoms with Gasteiger partial charge in [-0.25, -0.2) is 4.79 Å². The smallest absolute Gasteiger partial charge is 0.328 e. The molecule has 23 heavy (non-hydrogen) atoms. The van der Waals surface area contributed by atoms with E-state index in [1.165, 1.54) is 0 Å². The largest absolute Gasteiger partial charge is 0.480 e. The second-order valence-corrected chi connectivity index (χ2v) is 4.65. The molecule has 0 aliphatic heterocycles. The number of aromatic amines is 1. The first-order valence-corrected chi connectivity index (χ1v) is 6.89. The van der Waals surface area contributed by atoms with E-state index in [1.807, 2.05) is 4.98 Å². The van der Waals surface area contributed by atoms with E-state index >= 15 is 0 Å². The molecule has 0 aliphatic rings. The zero-order valence-corrected chi connectivity index (χ0v) is 12.6. The van der Waals surface area contributed by atoms with Gasteiger partial charge in [0.2, 0.25) is 11.8 Å². The van der Waals surface area contributed by atoms with E-state index in [0.29, 0.717) is 0 Å². The summed E-state index contributed by atoms with van der Waals surface area (Å²) in [5.74, 6) is -2.05. The molecule has 1 aromatic rings. The zero-order valence-electron chi connectivity index (χ0n) is 12.6. The van der Waals surface area contributed by atoms with Crippen molar-refractivity contribution < 1.29 is 19.5 Å². The van der Waals surface area contributed by atoms with Crippen LogP contribution in [0.15, 0.2) is 21.9 Å². The van der Waals surface area contributed by atoms with Crippen LogP contribution >= 0.6 is 0 Å². The maximum atomic E-state index is 12.1. The molecule has 0 radical (unpaired) electrons. The van der Waals surface area contributed by atoms with Gasteiger partial charge >= 0.3 is 11.7 Å². The lowest BCUT2D eigenvalue weighted by Crippen LogP contribution is -2.44. The maximum absolute atomic E-state index is 12.1. The van der Waals surface area contributed by atoms with Crippen molar-refractivity contribution in [1.82, 2.24) is 19.8 Å². The zero-order chi connectivity index (χ0) is 17.4. The molecule has 0 spiro atoms. The molecule has 10 heteroatoms. The van der Waals surface area contributed by atoms with Crippen LogP contribution in [0.5, 0.6) is 0 Å². The summed E-state index contributed by atoms with van der Waals surface area (Å²) in [6.45, 7) is 0.794. The molecule has 3 N–H and O–H groups in total. The Morgan fingerprint density at radius 3 is 2.61 bits per heavy atom. The van der Waals surface area contributed by atoms with Crippen molar-refractivity contribution in [3.63, 3.8) is 0 Å². The summed E-state index contributed by atoms with van der Waals surface area (Å²) < 4.78 is 0.962. The van der Waals surface area contributed by atoms with E-state index in [2.05, 4.69) is 5.32 Å². The summed E-state index contributed by atoms with van der Waals surface area (Å²) in [6.07, 6.45) is 1.43. The fourth-order valence-electron chi connectivity index (χ4n) is 1.72. The van der Waals surface area contributed by atoms with Gasteiger partial charge in [-0.05, 0) is 0 Å². The van der Waals surface area contributed by atoms with Crippen LogP contribution < -0.4 is 16.6 Å². The van der Waals surface area contributed by atoms with E-state index < -0.39 is 36.2 Å². The summed E-state index contributed by atoms with van der Waals surface area (Å²) in [4.78, 5) is 59.6. The molecule has 1 heterocycles. The summed E-state index contributed by atoms with van der Waals surface area (Å²) in [7, 11) is 0. The Morgan fingerprint density at radius 1 is 1.35 bits per heavy atom. The first kappa shape index (κ1) is 18.1. The minimum atomic E-state index is -1.21. The molecule has 0 bridgehead atoms. The number of carboxylic acids is 1. The monoisotopic (exact) mass is 326 g/mol. The molecule has 0 aliphatic carbocycles. The lowest BCUT2D eigenvalue weighted by molar-refractivity contribution is -0.144. The molecule has 0 unspecified atom stereocenters. The molecule has 0 saturated heterocycles. The minimum absolute atomic E-state index is 0.00498. The Kier molecular flexibility index (Phi) is 6.71. The van der Waals surface area contributed by atoms with Crippen molar-refractivity contribution in [2.24, 2.45) is 0 Å². The molecular weight excluding hydrogens is 308 g/mol. The average Bonchev–Trinajstić information content (AvgIpc) is 2.48. The van der Waals surface area contributed by atoms with Gasteiger partial charge < -0.3 is 15.3 Å². The van der Waals surface area contributed by atoms with Crippen molar-refractivity contribution in [3.05, 3.63) is 33.1 Å². The molecule has 0 fully saturated rings. The lowest BCUT2D eigenvalue weighted by atomic mass is 10.4. The first-order valence-electron chi connectivity index (χ1n) is 6.89. The van der Waals surface area contributed by atoms with Crippen molar-refractivity contribution >= 4 is 17.8 Å². The molecule has 1 rings (SSSR count). The van der Waals surface area contributed by atoms with E-state index in [-0.39, 0.29) is 25.4 Å².